The number of likely N-dealkylation sites (tertiary alicyclic amines) is 1. The van der Waals surface area contributed by atoms with Crippen molar-refractivity contribution in [2.75, 3.05) is 88.7 Å². The summed E-state index contributed by atoms with van der Waals surface area (Å²) in [6.07, 6.45) is 4.54. The minimum atomic E-state index is -0.622. The fourth-order valence-corrected chi connectivity index (χ4v) is 6.66. The number of likely N-dealkylation sites (N-methyl/N-ethyl adjacent to an activating group) is 1. The van der Waals surface area contributed by atoms with E-state index in [4.69, 9.17) is 15.5 Å². The number of carbonyl (C=O) groups excluding carboxylic acids is 2. The van der Waals surface area contributed by atoms with Crippen LogP contribution in [-0.2, 0) is 16.0 Å². The molecule has 0 spiro atoms. The first-order chi connectivity index (χ1) is 21.2. The van der Waals surface area contributed by atoms with Crippen molar-refractivity contribution in [2.45, 2.75) is 58.0 Å². The summed E-state index contributed by atoms with van der Waals surface area (Å²) in [5.41, 5.74) is 9.81. The van der Waals surface area contributed by atoms with Crippen molar-refractivity contribution in [3.05, 3.63) is 35.2 Å². The van der Waals surface area contributed by atoms with Gasteiger partial charge in [0.15, 0.2) is 17.3 Å². The second-order valence-corrected chi connectivity index (χ2v) is 12.4. The van der Waals surface area contributed by atoms with E-state index in [2.05, 4.69) is 56.4 Å². The zero-order chi connectivity index (χ0) is 31.2. The van der Waals surface area contributed by atoms with Crippen molar-refractivity contribution < 1.29 is 14.3 Å². The standard InChI is InChI=1S/C32H49N9O3/c1-5-26-31(34-23-8-12-41(13-9-23)28(42)21-44-4)37-32(29(36-26)30(33)43)35-24-6-7-27(22(2)20-24)40-14-10-25(11-15-40)39-18-16-38(3)17-19-39/h6-7,20,23,25H,5,8-19,21H2,1-4H3,(H2,33,43)(H2,34,35,37). The van der Waals surface area contributed by atoms with E-state index < -0.39 is 5.91 Å². The lowest BCUT2D eigenvalue weighted by Gasteiger charge is -2.43. The predicted molar refractivity (Wildman–Crippen MR) is 174 cm³/mol. The summed E-state index contributed by atoms with van der Waals surface area (Å²) in [5, 5.41) is 6.86. The van der Waals surface area contributed by atoms with Crippen molar-refractivity contribution in [3.63, 3.8) is 0 Å². The number of nitrogens with one attached hydrogen (secondary N) is 2. The molecule has 5 rings (SSSR count). The van der Waals surface area contributed by atoms with Gasteiger partial charge in [-0.15, -0.1) is 0 Å². The molecule has 4 N–H and O–H groups in total. The van der Waals surface area contributed by atoms with Gasteiger partial charge >= 0.3 is 0 Å². The highest BCUT2D eigenvalue weighted by molar-refractivity contribution is 5.96. The Morgan fingerprint density at radius 2 is 1.68 bits per heavy atom. The number of primary amides is 1. The van der Waals surface area contributed by atoms with Crippen molar-refractivity contribution in [1.82, 2.24) is 24.7 Å². The maximum absolute atomic E-state index is 12.4. The number of carbonyl (C=O) groups is 2. The van der Waals surface area contributed by atoms with E-state index in [-0.39, 0.29) is 24.2 Å². The summed E-state index contributed by atoms with van der Waals surface area (Å²) in [5.74, 6) is 0.361. The number of piperazine rings is 1. The van der Waals surface area contributed by atoms with E-state index in [9.17, 15) is 9.59 Å². The molecule has 3 fully saturated rings. The summed E-state index contributed by atoms with van der Waals surface area (Å²) in [6, 6.07) is 7.10. The Hall–Kier alpha value is -3.48. The first-order valence-corrected chi connectivity index (χ1v) is 16.0. The first kappa shape index (κ1) is 31.9. The fraction of sp³-hybridized carbons (Fsp3) is 0.625. The Morgan fingerprint density at radius 3 is 2.30 bits per heavy atom. The number of amides is 2. The van der Waals surface area contributed by atoms with E-state index in [0.717, 1.165) is 44.7 Å². The number of methoxy groups -OCH3 is 1. The van der Waals surface area contributed by atoms with Gasteiger partial charge in [-0.2, -0.15) is 0 Å². The molecule has 3 aliphatic rings. The number of benzene rings is 1. The minimum absolute atomic E-state index is 0.00809. The third-order valence-electron chi connectivity index (χ3n) is 9.31. The first-order valence-electron chi connectivity index (χ1n) is 16.0. The van der Waals surface area contributed by atoms with Crippen LogP contribution in [0.1, 0.15) is 54.4 Å². The van der Waals surface area contributed by atoms with E-state index in [1.807, 2.05) is 17.9 Å². The molecule has 0 radical (unpaired) electrons. The van der Waals surface area contributed by atoms with Crippen LogP contribution in [0.2, 0.25) is 0 Å². The summed E-state index contributed by atoms with van der Waals surface area (Å²) in [6.45, 7) is 12.3. The molecule has 1 aromatic heterocycles. The molecule has 0 saturated carbocycles. The number of hydrogen-bond donors (Lipinski definition) is 3. The van der Waals surface area contributed by atoms with E-state index in [1.165, 1.54) is 44.3 Å². The van der Waals surface area contributed by atoms with Gasteiger partial charge in [-0.25, -0.2) is 9.97 Å². The van der Waals surface area contributed by atoms with Gasteiger partial charge in [0.2, 0.25) is 5.91 Å². The van der Waals surface area contributed by atoms with E-state index in [0.29, 0.717) is 42.9 Å². The van der Waals surface area contributed by atoms with Gasteiger partial charge in [-0.1, -0.05) is 6.92 Å². The average molecular weight is 608 g/mol. The number of nitrogens with two attached hydrogens (primary N) is 1. The number of piperidine rings is 2. The molecule has 240 valence electrons. The smallest absolute Gasteiger partial charge is 0.271 e. The van der Waals surface area contributed by atoms with Crippen molar-refractivity contribution >= 4 is 34.8 Å². The zero-order valence-corrected chi connectivity index (χ0v) is 26.8. The third-order valence-corrected chi connectivity index (χ3v) is 9.31. The molecule has 1 aromatic carbocycles. The second-order valence-electron chi connectivity index (χ2n) is 12.4. The maximum Gasteiger partial charge on any atom is 0.271 e. The molecule has 2 amide bonds. The number of anilines is 4. The molecule has 0 unspecified atom stereocenters. The van der Waals surface area contributed by atoms with Crippen molar-refractivity contribution in [3.8, 4) is 0 Å². The van der Waals surface area contributed by atoms with Crippen LogP contribution in [0.15, 0.2) is 18.2 Å². The van der Waals surface area contributed by atoms with Gasteiger partial charge in [-0.05, 0) is 69.8 Å². The quantitative estimate of drug-likeness (QED) is 0.370. The lowest BCUT2D eigenvalue weighted by Crippen LogP contribution is -2.52. The highest BCUT2D eigenvalue weighted by Gasteiger charge is 2.28. The summed E-state index contributed by atoms with van der Waals surface area (Å²) < 4.78 is 5.00. The Labute approximate surface area is 261 Å². The van der Waals surface area contributed by atoms with Gasteiger partial charge < -0.3 is 35.8 Å². The zero-order valence-electron chi connectivity index (χ0n) is 26.8. The van der Waals surface area contributed by atoms with Gasteiger partial charge in [0, 0.05) is 82.9 Å². The molecule has 0 atom stereocenters. The number of aryl methyl sites for hydroxylation is 2. The van der Waals surface area contributed by atoms with Crippen LogP contribution < -0.4 is 21.3 Å². The van der Waals surface area contributed by atoms with Crippen molar-refractivity contribution in [2.24, 2.45) is 5.73 Å². The molecule has 44 heavy (non-hydrogen) atoms. The molecular formula is C32H49N9O3. The van der Waals surface area contributed by atoms with Crippen LogP contribution in [0.4, 0.5) is 23.0 Å². The largest absolute Gasteiger partial charge is 0.375 e. The molecule has 4 heterocycles. The highest BCUT2D eigenvalue weighted by Crippen LogP contribution is 2.30. The van der Waals surface area contributed by atoms with E-state index in [1.54, 1.807) is 0 Å². The number of hydrogen-bond acceptors (Lipinski definition) is 10. The molecular weight excluding hydrogens is 558 g/mol. The number of rotatable bonds is 10. The molecule has 3 saturated heterocycles. The van der Waals surface area contributed by atoms with Crippen LogP contribution in [0.25, 0.3) is 0 Å². The normalized spacial score (nSPS) is 19.3. The monoisotopic (exact) mass is 607 g/mol. The summed E-state index contributed by atoms with van der Waals surface area (Å²) >= 11 is 0. The topological polar surface area (TPSA) is 132 Å². The van der Waals surface area contributed by atoms with Crippen molar-refractivity contribution in [1.29, 1.82) is 0 Å². The Balaban J connectivity index is 1.25. The SMILES string of the molecule is CCc1nc(C(N)=O)c(Nc2ccc(N3CCC(N4CCN(C)CC4)CC3)c(C)c2)nc1NC1CCN(C(=O)COC)CC1. The Bertz CT molecular complexity index is 1300. The van der Waals surface area contributed by atoms with Crippen LogP contribution in [0.3, 0.4) is 0 Å². The predicted octanol–water partition coefficient (Wildman–Crippen LogP) is 2.46. The Kier molecular flexibility index (Phi) is 10.5. The number of aromatic nitrogens is 2. The number of ether oxygens (including phenoxy) is 1. The van der Waals surface area contributed by atoms with Crippen LogP contribution in [0, 0.1) is 6.92 Å². The van der Waals surface area contributed by atoms with Crippen LogP contribution in [-0.4, -0.2) is 122 Å². The Morgan fingerprint density at radius 1 is 0.977 bits per heavy atom. The minimum Gasteiger partial charge on any atom is -0.375 e. The molecule has 0 bridgehead atoms. The average Bonchev–Trinajstić information content (AvgIpc) is 3.02. The van der Waals surface area contributed by atoms with Gasteiger partial charge in [0.25, 0.3) is 5.91 Å². The number of nitrogens with zero attached hydrogens (tertiary/aromatic N) is 6. The molecule has 0 aliphatic carbocycles. The van der Waals surface area contributed by atoms with Gasteiger partial charge in [0.1, 0.15) is 6.61 Å². The fourth-order valence-electron chi connectivity index (χ4n) is 6.66. The lowest BCUT2D eigenvalue weighted by atomic mass is 10.0. The van der Waals surface area contributed by atoms with Gasteiger partial charge in [-0.3, -0.25) is 14.5 Å². The third kappa shape index (κ3) is 7.59. The molecule has 12 nitrogen and oxygen atoms in total. The van der Waals surface area contributed by atoms with E-state index >= 15 is 0 Å². The molecule has 3 aliphatic heterocycles. The molecule has 2 aromatic rings. The van der Waals surface area contributed by atoms with Gasteiger partial charge in [0.05, 0.1) is 5.69 Å². The van der Waals surface area contributed by atoms with Crippen LogP contribution in [0.5, 0.6) is 0 Å². The second kappa shape index (κ2) is 14.5. The van der Waals surface area contributed by atoms with Crippen LogP contribution >= 0.6 is 0 Å². The maximum atomic E-state index is 12.4. The highest BCUT2D eigenvalue weighted by atomic mass is 16.5. The molecule has 12 heteroatoms. The lowest BCUT2D eigenvalue weighted by molar-refractivity contribution is -0.136. The summed E-state index contributed by atoms with van der Waals surface area (Å²) in [4.78, 5) is 43.5. The summed E-state index contributed by atoms with van der Waals surface area (Å²) in [7, 11) is 3.74.